The summed E-state index contributed by atoms with van der Waals surface area (Å²) in [6, 6.07) is 0. The summed E-state index contributed by atoms with van der Waals surface area (Å²) in [6.45, 7) is 3.39. The first-order valence-corrected chi connectivity index (χ1v) is 8.45. The molecule has 0 spiro atoms. The van der Waals surface area contributed by atoms with Crippen molar-refractivity contribution >= 4 is 35.2 Å². The van der Waals surface area contributed by atoms with Crippen LogP contribution >= 0.6 is 11.3 Å². The number of primary amides is 1. The molecule has 1 aromatic rings. The van der Waals surface area contributed by atoms with Crippen LogP contribution in [-0.4, -0.2) is 53.7 Å². The van der Waals surface area contributed by atoms with Crippen molar-refractivity contribution in [1.82, 2.24) is 4.98 Å². The molecule has 1 aliphatic heterocycles. The molecule has 0 unspecified atom stereocenters. The van der Waals surface area contributed by atoms with Crippen LogP contribution in [-0.2, 0) is 33.3 Å². The van der Waals surface area contributed by atoms with Crippen LogP contribution in [0.2, 0.25) is 0 Å². The first-order valence-electron chi connectivity index (χ1n) is 7.57. The topological polar surface area (TPSA) is 144 Å². The van der Waals surface area contributed by atoms with Gasteiger partial charge in [-0.1, -0.05) is 0 Å². The third-order valence-electron chi connectivity index (χ3n) is 3.38. The van der Waals surface area contributed by atoms with Crippen molar-refractivity contribution in [3.63, 3.8) is 0 Å². The summed E-state index contributed by atoms with van der Waals surface area (Å²) in [4.78, 5) is 49.4. The standard InChI is InChI=1S/C15H18N2O8S/c1-6(18)22-4-10-11(23-7(2)19)12(24-8(3)20)13(25-10)15-17-9(5-26-15)14(16)21/h5,10-13H,4H2,1-3H3,(H2,16,21)/t10-,11-,12-,13-/m1/s1. The number of amides is 1. The average molecular weight is 386 g/mol. The molecular formula is C15H18N2O8S. The zero-order valence-corrected chi connectivity index (χ0v) is 15.1. The van der Waals surface area contributed by atoms with E-state index in [1.165, 1.54) is 26.2 Å². The third kappa shape index (κ3) is 4.76. The summed E-state index contributed by atoms with van der Waals surface area (Å²) < 4.78 is 21.2. The molecule has 1 saturated heterocycles. The van der Waals surface area contributed by atoms with Crippen molar-refractivity contribution < 1.29 is 38.1 Å². The lowest BCUT2D eigenvalue weighted by molar-refractivity contribution is -0.165. The molecule has 142 valence electrons. The number of esters is 3. The van der Waals surface area contributed by atoms with Gasteiger partial charge in [-0.2, -0.15) is 0 Å². The monoisotopic (exact) mass is 386 g/mol. The van der Waals surface area contributed by atoms with Gasteiger partial charge in [0.2, 0.25) is 0 Å². The first-order chi connectivity index (χ1) is 12.2. The van der Waals surface area contributed by atoms with E-state index in [0.717, 1.165) is 11.3 Å². The zero-order valence-electron chi connectivity index (χ0n) is 14.3. The van der Waals surface area contributed by atoms with Crippen molar-refractivity contribution in [1.29, 1.82) is 0 Å². The van der Waals surface area contributed by atoms with E-state index in [2.05, 4.69) is 4.98 Å². The first kappa shape index (κ1) is 19.8. The smallest absolute Gasteiger partial charge is 0.303 e. The zero-order chi connectivity index (χ0) is 19.4. The predicted molar refractivity (Wildman–Crippen MR) is 86.0 cm³/mol. The van der Waals surface area contributed by atoms with Gasteiger partial charge < -0.3 is 24.7 Å². The summed E-state index contributed by atoms with van der Waals surface area (Å²) in [5.41, 5.74) is 5.23. The molecule has 11 heteroatoms. The number of carbonyl (C=O) groups excluding carboxylic acids is 4. The Kier molecular flexibility index (Phi) is 6.27. The largest absolute Gasteiger partial charge is 0.463 e. The molecule has 2 N–H and O–H groups in total. The van der Waals surface area contributed by atoms with E-state index in [-0.39, 0.29) is 12.3 Å². The minimum atomic E-state index is -1.02. The fourth-order valence-corrected chi connectivity index (χ4v) is 3.32. The Labute approximate surface area is 152 Å². The molecule has 0 aliphatic carbocycles. The lowest BCUT2D eigenvalue weighted by Gasteiger charge is -2.22. The molecule has 0 radical (unpaired) electrons. The van der Waals surface area contributed by atoms with Gasteiger partial charge in [-0.15, -0.1) is 11.3 Å². The van der Waals surface area contributed by atoms with Gasteiger partial charge >= 0.3 is 17.9 Å². The number of hydrogen-bond donors (Lipinski definition) is 1. The van der Waals surface area contributed by atoms with E-state index in [1.807, 2.05) is 0 Å². The highest BCUT2D eigenvalue weighted by atomic mass is 32.1. The van der Waals surface area contributed by atoms with E-state index >= 15 is 0 Å². The van der Waals surface area contributed by atoms with E-state index in [0.29, 0.717) is 5.01 Å². The van der Waals surface area contributed by atoms with Crippen molar-refractivity contribution in [2.45, 2.75) is 45.2 Å². The fourth-order valence-electron chi connectivity index (χ4n) is 2.45. The molecule has 10 nitrogen and oxygen atoms in total. The molecule has 1 aliphatic rings. The summed E-state index contributed by atoms with van der Waals surface area (Å²) in [7, 11) is 0. The second-order valence-corrected chi connectivity index (χ2v) is 6.37. The van der Waals surface area contributed by atoms with Crippen LogP contribution in [0.25, 0.3) is 0 Å². The highest BCUT2D eigenvalue weighted by Crippen LogP contribution is 2.38. The van der Waals surface area contributed by atoms with E-state index in [9.17, 15) is 19.2 Å². The normalized spacial score (nSPS) is 24.7. The Morgan fingerprint density at radius 3 is 2.23 bits per heavy atom. The van der Waals surface area contributed by atoms with Gasteiger partial charge in [-0.05, 0) is 0 Å². The Balaban J connectivity index is 2.33. The lowest BCUT2D eigenvalue weighted by atomic mass is 10.1. The maximum absolute atomic E-state index is 11.5. The molecule has 0 aromatic carbocycles. The summed E-state index contributed by atoms with van der Waals surface area (Å²) >= 11 is 1.08. The van der Waals surface area contributed by atoms with Crippen LogP contribution in [0.4, 0.5) is 0 Å². The second kappa shape index (κ2) is 8.23. The number of aromatic nitrogens is 1. The molecule has 2 heterocycles. The third-order valence-corrected chi connectivity index (χ3v) is 4.29. The van der Waals surface area contributed by atoms with Crippen molar-refractivity contribution in [3.05, 3.63) is 16.1 Å². The number of thiazole rings is 1. The number of rotatable bonds is 6. The second-order valence-electron chi connectivity index (χ2n) is 5.48. The van der Waals surface area contributed by atoms with Crippen LogP contribution < -0.4 is 5.73 Å². The summed E-state index contributed by atoms with van der Waals surface area (Å²) in [6.07, 6.45) is -3.83. The molecular weight excluding hydrogens is 368 g/mol. The fraction of sp³-hybridized carbons (Fsp3) is 0.533. The van der Waals surface area contributed by atoms with Crippen molar-refractivity contribution in [2.75, 3.05) is 6.61 Å². The summed E-state index contributed by atoms with van der Waals surface area (Å²) in [5.74, 6) is -2.52. The number of carbonyl (C=O) groups is 4. The quantitative estimate of drug-likeness (QED) is 0.532. The van der Waals surface area contributed by atoms with Crippen LogP contribution in [0, 0.1) is 0 Å². The van der Waals surface area contributed by atoms with Crippen molar-refractivity contribution in [3.8, 4) is 0 Å². The highest BCUT2D eigenvalue weighted by molar-refractivity contribution is 7.09. The Bertz CT molecular complexity index is 718. The Morgan fingerprint density at radius 2 is 1.73 bits per heavy atom. The molecule has 0 bridgehead atoms. The van der Waals surface area contributed by atoms with Gasteiger partial charge in [0.05, 0.1) is 0 Å². The van der Waals surface area contributed by atoms with Crippen LogP contribution in [0.15, 0.2) is 5.38 Å². The summed E-state index contributed by atoms with van der Waals surface area (Å²) in [5, 5.41) is 1.75. The van der Waals surface area contributed by atoms with Gasteiger partial charge in [0.1, 0.15) is 23.4 Å². The predicted octanol–water partition coefficient (Wildman–Crippen LogP) is 0.108. The molecule has 1 aromatic heterocycles. The van der Waals surface area contributed by atoms with Gasteiger partial charge in [0, 0.05) is 26.2 Å². The van der Waals surface area contributed by atoms with Crippen molar-refractivity contribution in [2.24, 2.45) is 5.73 Å². The molecule has 1 fully saturated rings. The average Bonchev–Trinajstić information content (AvgIpc) is 3.11. The molecule has 2 rings (SSSR count). The van der Waals surface area contributed by atoms with Gasteiger partial charge in [0.25, 0.3) is 5.91 Å². The SMILES string of the molecule is CC(=O)OC[C@H]1O[C@@H](c2nc(C(N)=O)cs2)[C@H](OC(C)=O)[C@@H]1OC(C)=O. The Morgan fingerprint density at radius 1 is 1.12 bits per heavy atom. The maximum atomic E-state index is 11.5. The number of ether oxygens (including phenoxy) is 4. The van der Waals surface area contributed by atoms with Crippen LogP contribution in [0.3, 0.4) is 0 Å². The lowest BCUT2D eigenvalue weighted by Crippen LogP contribution is -2.40. The number of hydrogen-bond acceptors (Lipinski definition) is 10. The van der Waals surface area contributed by atoms with Gasteiger partial charge in [-0.3, -0.25) is 19.2 Å². The molecule has 26 heavy (non-hydrogen) atoms. The minimum absolute atomic E-state index is 0.0302. The maximum Gasteiger partial charge on any atom is 0.303 e. The van der Waals surface area contributed by atoms with Gasteiger partial charge in [0.15, 0.2) is 18.3 Å². The molecule has 0 saturated carbocycles. The van der Waals surface area contributed by atoms with E-state index in [1.54, 1.807) is 0 Å². The Hall–Kier alpha value is -2.53. The van der Waals surface area contributed by atoms with E-state index in [4.69, 9.17) is 24.7 Å². The molecule has 4 atom stereocenters. The van der Waals surface area contributed by atoms with E-state index < -0.39 is 48.2 Å². The van der Waals surface area contributed by atoms with Crippen LogP contribution in [0.5, 0.6) is 0 Å². The number of nitrogens with two attached hydrogens (primary N) is 1. The highest BCUT2D eigenvalue weighted by Gasteiger charge is 2.51. The van der Waals surface area contributed by atoms with Crippen LogP contribution in [0.1, 0.15) is 42.4 Å². The number of nitrogens with zero attached hydrogens (tertiary/aromatic N) is 1. The minimum Gasteiger partial charge on any atom is -0.463 e. The molecule has 1 amide bonds. The van der Waals surface area contributed by atoms with Gasteiger partial charge in [-0.25, -0.2) is 4.98 Å².